The molecule has 2 heterocycles. The Hall–Kier alpha value is -0.540. The number of ether oxygens (including phenoxy) is 1. The van der Waals surface area contributed by atoms with Gasteiger partial charge in [-0.3, -0.25) is 0 Å². The van der Waals surface area contributed by atoms with Crippen LogP contribution in [0.15, 0.2) is 12.5 Å². The van der Waals surface area contributed by atoms with Crippen molar-refractivity contribution in [3.8, 4) is 0 Å². The Balaban J connectivity index is 2.21. The van der Waals surface area contributed by atoms with E-state index in [-0.39, 0.29) is 0 Å². The number of aromatic nitrogens is 2. The van der Waals surface area contributed by atoms with Gasteiger partial charge in [-0.1, -0.05) is 11.6 Å². The van der Waals surface area contributed by atoms with Crippen molar-refractivity contribution in [2.75, 3.05) is 13.2 Å². The van der Waals surface area contributed by atoms with Crippen LogP contribution < -0.4 is 0 Å². The third-order valence-corrected chi connectivity index (χ3v) is 2.21. The van der Waals surface area contributed by atoms with Gasteiger partial charge in [0.2, 0.25) is 0 Å². The zero-order valence-corrected chi connectivity index (χ0v) is 6.79. The fourth-order valence-electron chi connectivity index (χ4n) is 1.30. The summed E-state index contributed by atoms with van der Waals surface area (Å²) in [7, 11) is 0. The lowest BCUT2D eigenvalue weighted by atomic mass is 10.3. The first-order chi connectivity index (χ1) is 5.38. The van der Waals surface area contributed by atoms with Gasteiger partial charge in [0, 0.05) is 6.61 Å². The predicted molar refractivity (Wildman–Crippen MR) is 41.7 cm³/mol. The molecular formula is C7H9ClN2O. The number of halogens is 1. The summed E-state index contributed by atoms with van der Waals surface area (Å²) < 4.78 is 7.18. The van der Waals surface area contributed by atoms with Gasteiger partial charge in [-0.15, -0.1) is 0 Å². The Labute approximate surface area is 69.9 Å². The summed E-state index contributed by atoms with van der Waals surface area (Å²) in [5, 5.41) is 0.695. The minimum atomic E-state index is 0.394. The third kappa shape index (κ3) is 1.26. The van der Waals surface area contributed by atoms with Crippen LogP contribution in [-0.2, 0) is 4.74 Å². The number of hydrogen-bond donors (Lipinski definition) is 0. The summed E-state index contributed by atoms with van der Waals surface area (Å²) in [5.74, 6) is 0. The predicted octanol–water partition coefficient (Wildman–Crippen LogP) is 1.50. The monoisotopic (exact) mass is 172 g/mol. The summed E-state index contributed by atoms with van der Waals surface area (Å²) in [4.78, 5) is 3.94. The molecule has 4 heteroatoms. The van der Waals surface area contributed by atoms with Gasteiger partial charge in [-0.05, 0) is 6.42 Å². The van der Waals surface area contributed by atoms with Crippen LogP contribution in [0.1, 0.15) is 12.5 Å². The normalized spacial score (nSPS) is 24.3. The highest BCUT2D eigenvalue weighted by molar-refractivity contribution is 6.29. The lowest BCUT2D eigenvalue weighted by Crippen LogP contribution is -2.06. The highest BCUT2D eigenvalue weighted by atomic mass is 35.5. The molecule has 0 bridgehead atoms. The second kappa shape index (κ2) is 2.83. The molecule has 0 aromatic carbocycles. The van der Waals surface area contributed by atoms with E-state index >= 15 is 0 Å². The fourth-order valence-corrected chi connectivity index (χ4v) is 1.54. The Morgan fingerprint density at radius 3 is 3.18 bits per heavy atom. The van der Waals surface area contributed by atoms with Crippen molar-refractivity contribution in [1.29, 1.82) is 0 Å². The molecule has 1 unspecified atom stereocenters. The van der Waals surface area contributed by atoms with E-state index in [0.717, 1.165) is 19.6 Å². The van der Waals surface area contributed by atoms with E-state index in [9.17, 15) is 0 Å². The molecule has 0 amide bonds. The SMILES string of the molecule is Clc1cncn1C1CCOC1. The van der Waals surface area contributed by atoms with Crippen LogP contribution in [0.3, 0.4) is 0 Å². The average Bonchev–Trinajstić information content (AvgIpc) is 2.55. The third-order valence-electron chi connectivity index (χ3n) is 1.92. The van der Waals surface area contributed by atoms with Gasteiger partial charge >= 0.3 is 0 Å². The number of rotatable bonds is 1. The molecule has 0 N–H and O–H groups in total. The van der Waals surface area contributed by atoms with Crippen LogP contribution in [0.2, 0.25) is 5.15 Å². The quantitative estimate of drug-likeness (QED) is 0.642. The Bertz CT molecular complexity index is 242. The molecule has 0 radical (unpaired) electrons. The summed E-state index contributed by atoms with van der Waals surface area (Å²) in [6.07, 6.45) is 4.44. The standard InChI is InChI=1S/C7H9ClN2O/c8-7-3-9-5-10(7)6-1-2-11-4-6/h3,5-6H,1-2,4H2. The van der Waals surface area contributed by atoms with E-state index in [4.69, 9.17) is 16.3 Å². The molecule has 0 spiro atoms. The molecule has 1 aromatic heterocycles. The number of imidazole rings is 1. The number of hydrogen-bond acceptors (Lipinski definition) is 2. The van der Waals surface area contributed by atoms with E-state index in [1.807, 2.05) is 4.57 Å². The molecule has 1 aromatic rings. The molecule has 1 aliphatic rings. The van der Waals surface area contributed by atoms with E-state index in [0.29, 0.717) is 11.2 Å². The maximum absolute atomic E-state index is 5.86. The summed E-state index contributed by atoms with van der Waals surface area (Å²) >= 11 is 5.86. The van der Waals surface area contributed by atoms with Crippen molar-refractivity contribution in [3.05, 3.63) is 17.7 Å². The average molecular weight is 173 g/mol. The molecule has 0 aliphatic carbocycles. The van der Waals surface area contributed by atoms with Crippen molar-refractivity contribution < 1.29 is 4.74 Å². The Morgan fingerprint density at radius 2 is 2.64 bits per heavy atom. The van der Waals surface area contributed by atoms with Gasteiger partial charge in [0.05, 0.1) is 25.2 Å². The van der Waals surface area contributed by atoms with Gasteiger partial charge in [-0.2, -0.15) is 0 Å². The Kier molecular flexibility index (Phi) is 1.84. The summed E-state index contributed by atoms with van der Waals surface area (Å²) in [6.45, 7) is 1.59. The second-order valence-corrected chi connectivity index (χ2v) is 3.03. The minimum absolute atomic E-state index is 0.394. The molecule has 1 saturated heterocycles. The molecule has 11 heavy (non-hydrogen) atoms. The Morgan fingerprint density at radius 1 is 1.73 bits per heavy atom. The molecule has 60 valence electrons. The first-order valence-electron chi connectivity index (χ1n) is 3.63. The van der Waals surface area contributed by atoms with Gasteiger partial charge < -0.3 is 9.30 Å². The molecular weight excluding hydrogens is 164 g/mol. The highest BCUT2D eigenvalue weighted by Gasteiger charge is 2.18. The van der Waals surface area contributed by atoms with Gasteiger partial charge in [-0.25, -0.2) is 4.98 Å². The van der Waals surface area contributed by atoms with Crippen molar-refractivity contribution >= 4 is 11.6 Å². The van der Waals surface area contributed by atoms with E-state index in [1.54, 1.807) is 12.5 Å². The fraction of sp³-hybridized carbons (Fsp3) is 0.571. The molecule has 2 rings (SSSR count). The second-order valence-electron chi connectivity index (χ2n) is 2.64. The maximum atomic E-state index is 5.86. The smallest absolute Gasteiger partial charge is 0.128 e. The van der Waals surface area contributed by atoms with Crippen molar-refractivity contribution in [3.63, 3.8) is 0 Å². The van der Waals surface area contributed by atoms with Crippen LogP contribution >= 0.6 is 11.6 Å². The van der Waals surface area contributed by atoms with Crippen LogP contribution in [0.25, 0.3) is 0 Å². The largest absolute Gasteiger partial charge is 0.379 e. The van der Waals surface area contributed by atoms with E-state index in [2.05, 4.69) is 4.98 Å². The lowest BCUT2D eigenvalue weighted by molar-refractivity contribution is 0.186. The van der Waals surface area contributed by atoms with Crippen LogP contribution in [0, 0.1) is 0 Å². The van der Waals surface area contributed by atoms with Crippen molar-refractivity contribution in [2.45, 2.75) is 12.5 Å². The van der Waals surface area contributed by atoms with Gasteiger partial charge in [0.15, 0.2) is 0 Å². The first kappa shape index (κ1) is 7.13. The van der Waals surface area contributed by atoms with E-state index < -0.39 is 0 Å². The molecule has 1 atom stereocenters. The molecule has 0 saturated carbocycles. The maximum Gasteiger partial charge on any atom is 0.128 e. The van der Waals surface area contributed by atoms with Crippen LogP contribution in [0.4, 0.5) is 0 Å². The zero-order chi connectivity index (χ0) is 7.68. The van der Waals surface area contributed by atoms with Crippen LogP contribution in [-0.4, -0.2) is 22.8 Å². The van der Waals surface area contributed by atoms with Gasteiger partial charge in [0.25, 0.3) is 0 Å². The van der Waals surface area contributed by atoms with Gasteiger partial charge in [0.1, 0.15) is 5.15 Å². The van der Waals surface area contributed by atoms with Crippen molar-refractivity contribution in [2.24, 2.45) is 0 Å². The molecule has 3 nitrogen and oxygen atoms in total. The summed E-state index contributed by atoms with van der Waals surface area (Å²) in [6, 6.07) is 0.394. The topological polar surface area (TPSA) is 27.1 Å². The minimum Gasteiger partial charge on any atom is -0.379 e. The number of nitrogens with zero attached hydrogens (tertiary/aromatic N) is 2. The lowest BCUT2D eigenvalue weighted by Gasteiger charge is -2.09. The van der Waals surface area contributed by atoms with Crippen LogP contribution in [0.5, 0.6) is 0 Å². The van der Waals surface area contributed by atoms with E-state index in [1.165, 1.54) is 0 Å². The zero-order valence-electron chi connectivity index (χ0n) is 6.03. The molecule has 1 aliphatic heterocycles. The first-order valence-corrected chi connectivity index (χ1v) is 4.01. The van der Waals surface area contributed by atoms with Crippen molar-refractivity contribution in [1.82, 2.24) is 9.55 Å². The summed E-state index contributed by atoms with van der Waals surface area (Å²) in [5.41, 5.74) is 0. The molecule has 1 fully saturated rings. The highest BCUT2D eigenvalue weighted by Crippen LogP contribution is 2.22.